The number of carbonyl (C=O) groups excluding carboxylic acids is 1. The lowest BCUT2D eigenvalue weighted by Gasteiger charge is -2.25. The molecule has 120 valence electrons. The highest BCUT2D eigenvalue weighted by Crippen LogP contribution is 2.42. The zero-order valence-electron chi connectivity index (χ0n) is 11.7. The van der Waals surface area contributed by atoms with Crippen molar-refractivity contribution < 1.29 is 13.6 Å². The number of hydrogen-bond donors (Lipinski definition) is 0. The van der Waals surface area contributed by atoms with Crippen LogP contribution in [0.15, 0.2) is 36.4 Å². The molecule has 0 spiro atoms. The summed E-state index contributed by atoms with van der Waals surface area (Å²) in [6, 6.07) is 8.37. The van der Waals surface area contributed by atoms with Crippen molar-refractivity contribution >= 4 is 40.9 Å². The molecule has 0 N–H and O–H groups in total. The highest BCUT2D eigenvalue weighted by atomic mass is 35.5. The quantitative estimate of drug-likeness (QED) is 0.724. The van der Waals surface area contributed by atoms with Gasteiger partial charge in [-0.2, -0.15) is 0 Å². The van der Waals surface area contributed by atoms with Crippen LogP contribution in [-0.4, -0.2) is 23.1 Å². The van der Waals surface area contributed by atoms with Crippen LogP contribution in [0.5, 0.6) is 0 Å². The van der Waals surface area contributed by atoms with Gasteiger partial charge in [0.2, 0.25) is 0 Å². The van der Waals surface area contributed by atoms with E-state index in [1.807, 2.05) is 0 Å². The van der Waals surface area contributed by atoms with Crippen molar-refractivity contribution in [1.82, 2.24) is 4.90 Å². The van der Waals surface area contributed by atoms with Gasteiger partial charge in [-0.25, -0.2) is 8.78 Å². The van der Waals surface area contributed by atoms with Crippen LogP contribution >= 0.6 is 35.0 Å². The number of amides is 1. The van der Waals surface area contributed by atoms with Gasteiger partial charge in [-0.3, -0.25) is 4.79 Å². The Morgan fingerprint density at radius 1 is 1.17 bits per heavy atom. The highest BCUT2D eigenvalue weighted by molar-refractivity contribution is 7.99. The molecule has 23 heavy (non-hydrogen) atoms. The standard InChI is InChI=1S/C16H11Cl2F2NOS/c17-9-4-5-10(11(18)8-9)16-21(6-7-23-16)15(22)14-12(19)2-1-3-13(14)20/h1-5,8,16H,6-7H2. The molecule has 1 heterocycles. The van der Waals surface area contributed by atoms with Crippen molar-refractivity contribution in [1.29, 1.82) is 0 Å². The molecular formula is C16H11Cl2F2NOS. The number of carbonyl (C=O) groups is 1. The first-order valence-corrected chi connectivity index (χ1v) is 8.61. The maximum atomic E-state index is 13.9. The van der Waals surface area contributed by atoms with Crippen LogP contribution in [0.1, 0.15) is 21.3 Å². The van der Waals surface area contributed by atoms with Crippen LogP contribution in [-0.2, 0) is 0 Å². The van der Waals surface area contributed by atoms with E-state index in [1.165, 1.54) is 22.7 Å². The molecular weight excluding hydrogens is 363 g/mol. The summed E-state index contributed by atoms with van der Waals surface area (Å²) in [4.78, 5) is 14.0. The van der Waals surface area contributed by atoms with Crippen molar-refractivity contribution in [2.24, 2.45) is 0 Å². The summed E-state index contributed by atoms with van der Waals surface area (Å²) in [6.45, 7) is 0.390. The molecule has 2 aromatic carbocycles. The zero-order chi connectivity index (χ0) is 16.6. The number of benzene rings is 2. The Kier molecular flexibility index (Phi) is 4.80. The predicted molar refractivity (Wildman–Crippen MR) is 89.1 cm³/mol. The van der Waals surface area contributed by atoms with Gasteiger partial charge in [-0.1, -0.05) is 35.3 Å². The van der Waals surface area contributed by atoms with Gasteiger partial charge in [0.05, 0.1) is 0 Å². The highest BCUT2D eigenvalue weighted by Gasteiger charge is 2.34. The summed E-state index contributed by atoms with van der Waals surface area (Å²) in [7, 11) is 0. The number of nitrogens with zero attached hydrogens (tertiary/aromatic N) is 1. The van der Waals surface area contributed by atoms with E-state index >= 15 is 0 Å². The fraction of sp³-hybridized carbons (Fsp3) is 0.188. The molecule has 2 aromatic rings. The maximum Gasteiger partial charge on any atom is 0.261 e. The lowest BCUT2D eigenvalue weighted by Crippen LogP contribution is -2.32. The van der Waals surface area contributed by atoms with Crippen LogP contribution < -0.4 is 0 Å². The lowest BCUT2D eigenvalue weighted by atomic mass is 10.1. The summed E-state index contributed by atoms with van der Waals surface area (Å²) in [5, 5.41) is 0.509. The van der Waals surface area contributed by atoms with Crippen molar-refractivity contribution in [2.45, 2.75) is 5.37 Å². The molecule has 0 radical (unpaired) electrons. The molecule has 1 amide bonds. The van der Waals surface area contributed by atoms with Crippen molar-refractivity contribution in [3.63, 3.8) is 0 Å². The molecule has 1 unspecified atom stereocenters. The summed E-state index contributed by atoms with van der Waals surface area (Å²) in [5.74, 6) is -1.76. The average molecular weight is 374 g/mol. The summed E-state index contributed by atoms with van der Waals surface area (Å²) < 4.78 is 27.8. The van der Waals surface area contributed by atoms with E-state index in [0.29, 0.717) is 27.9 Å². The Morgan fingerprint density at radius 2 is 1.87 bits per heavy atom. The first-order chi connectivity index (χ1) is 11.0. The van der Waals surface area contributed by atoms with Gasteiger partial charge in [0, 0.05) is 27.9 Å². The second kappa shape index (κ2) is 6.67. The van der Waals surface area contributed by atoms with Gasteiger partial charge in [0.15, 0.2) is 0 Å². The molecule has 1 atom stereocenters. The first-order valence-electron chi connectivity index (χ1n) is 6.80. The average Bonchev–Trinajstić information content (AvgIpc) is 2.96. The second-order valence-corrected chi connectivity index (χ2v) is 7.02. The largest absolute Gasteiger partial charge is 0.321 e. The Bertz CT molecular complexity index is 751. The van der Waals surface area contributed by atoms with Gasteiger partial charge < -0.3 is 4.90 Å². The minimum absolute atomic E-state index is 0.390. The molecule has 3 rings (SSSR count). The molecule has 1 aliphatic rings. The third-order valence-electron chi connectivity index (χ3n) is 3.56. The van der Waals surface area contributed by atoms with Crippen LogP contribution in [0.3, 0.4) is 0 Å². The molecule has 0 saturated carbocycles. The fourth-order valence-corrected chi connectivity index (χ4v) is 4.35. The molecule has 0 aliphatic carbocycles. The number of halogens is 4. The maximum absolute atomic E-state index is 13.9. The van der Waals surface area contributed by atoms with Crippen LogP contribution in [0.2, 0.25) is 10.0 Å². The first kappa shape index (κ1) is 16.6. The Labute approximate surface area is 146 Å². The van der Waals surface area contributed by atoms with E-state index in [9.17, 15) is 13.6 Å². The molecule has 7 heteroatoms. The van der Waals surface area contributed by atoms with Crippen LogP contribution in [0.4, 0.5) is 8.78 Å². The van der Waals surface area contributed by atoms with Crippen LogP contribution in [0.25, 0.3) is 0 Å². The third-order valence-corrected chi connectivity index (χ3v) is 5.36. The number of hydrogen-bond acceptors (Lipinski definition) is 2. The van der Waals surface area contributed by atoms with Crippen molar-refractivity contribution in [3.8, 4) is 0 Å². The number of thioether (sulfide) groups is 1. The second-order valence-electron chi connectivity index (χ2n) is 4.98. The van der Waals surface area contributed by atoms with E-state index in [1.54, 1.807) is 18.2 Å². The minimum Gasteiger partial charge on any atom is -0.321 e. The zero-order valence-corrected chi connectivity index (χ0v) is 14.1. The van der Waals surface area contributed by atoms with E-state index in [0.717, 1.165) is 12.1 Å². The van der Waals surface area contributed by atoms with Gasteiger partial charge in [-0.05, 0) is 24.3 Å². The van der Waals surface area contributed by atoms with Gasteiger partial charge in [0.1, 0.15) is 22.6 Å². The molecule has 0 aromatic heterocycles. The predicted octanol–water partition coefficient (Wildman–Crippen LogP) is 5.16. The molecule has 0 bridgehead atoms. The van der Waals surface area contributed by atoms with Gasteiger partial charge in [0.25, 0.3) is 5.91 Å². The molecule has 1 fully saturated rings. The Hall–Kier alpha value is -1.30. The van der Waals surface area contributed by atoms with E-state index in [2.05, 4.69) is 0 Å². The molecule has 2 nitrogen and oxygen atoms in total. The fourth-order valence-electron chi connectivity index (χ4n) is 2.48. The van der Waals surface area contributed by atoms with Crippen LogP contribution in [0, 0.1) is 11.6 Å². The third kappa shape index (κ3) is 3.18. The minimum atomic E-state index is -0.868. The molecule has 1 saturated heterocycles. The summed E-state index contributed by atoms with van der Waals surface area (Å²) in [6.07, 6.45) is 0. The summed E-state index contributed by atoms with van der Waals surface area (Å²) in [5.41, 5.74) is 0.161. The van der Waals surface area contributed by atoms with E-state index in [-0.39, 0.29) is 0 Å². The topological polar surface area (TPSA) is 20.3 Å². The van der Waals surface area contributed by atoms with Crippen molar-refractivity contribution in [3.05, 3.63) is 69.2 Å². The lowest BCUT2D eigenvalue weighted by molar-refractivity contribution is 0.0750. The van der Waals surface area contributed by atoms with Gasteiger partial charge >= 0.3 is 0 Å². The Morgan fingerprint density at radius 3 is 2.52 bits per heavy atom. The SMILES string of the molecule is O=C(c1c(F)cccc1F)N1CCSC1c1ccc(Cl)cc1Cl. The molecule has 1 aliphatic heterocycles. The monoisotopic (exact) mass is 373 g/mol. The summed E-state index contributed by atoms with van der Waals surface area (Å²) >= 11 is 13.6. The van der Waals surface area contributed by atoms with E-state index in [4.69, 9.17) is 23.2 Å². The number of rotatable bonds is 2. The Balaban J connectivity index is 1.97. The smallest absolute Gasteiger partial charge is 0.261 e. The normalized spacial score (nSPS) is 17.6. The van der Waals surface area contributed by atoms with Gasteiger partial charge in [-0.15, -0.1) is 11.8 Å². The van der Waals surface area contributed by atoms with E-state index < -0.39 is 28.5 Å². The van der Waals surface area contributed by atoms with Crippen molar-refractivity contribution in [2.75, 3.05) is 12.3 Å².